The first-order valence-corrected chi connectivity index (χ1v) is 6.18. The van der Waals surface area contributed by atoms with Gasteiger partial charge in [0.05, 0.1) is 18.1 Å². The van der Waals surface area contributed by atoms with Crippen molar-refractivity contribution in [2.75, 3.05) is 32.1 Å². The van der Waals surface area contributed by atoms with Crippen LogP contribution in [0, 0.1) is 10.1 Å². The Balaban J connectivity index is 2.19. The Morgan fingerprint density at radius 1 is 1.60 bits per heavy atom. The monoisotopic (exact) mass is 229 g/mol. The van der Waals surface area contributed by atoms with Gasteiger partial charge in [-0.15, -0.1) is 11.8 Å². The fourth-order valence-corrected chi connectivity index (χ4v) is 3.16. The van der Waals surface area contributed by atoms with Crippen molar-refractivity contribution >= 4 is 11.8 Å². The minimum atomic E-state index is -0.220. The summed E-state index contributed by atoms with van der Waals surface area (Å²) in [5.74, 6) is 0.979. The molecule has 0 aromatic carbocycles. The van der Waals surface area contributed by atoms with Gasteiger partial charge in [0.15, 0.2) is 0 Å². The summed E-state index contributed by atoms with van der Waals surface area (Å²) < 4.78 is 0. The molecule has 15 heavy (non-hydrogen) atoms. The predicted molar refractivity (Wildman–Crippen MR) is 59.9 cm³/mol. The van der Waals surface area contributed by atoms with Crippen LogP contribution in [0.5, 0.6) is 0 Å². The topological polar surface area (TPSA) is 49.6 Å². The summed E-state index contributed by atoms with van der Waals surface area (Å²) in [6.07, 6.45) is 1.04. The highest BCUT2D eigenvalue weighted by molar-refractivity contribution is 8.03. The molecule has 2 aliphatic heterocycles. The second-order valence-electron chi connectivity index (χ2n) is 3.81. The van der Waals surface area contributed by atoms with Crippen LogP contribution in [-0.4, -0.2) is 46.8 Å². The Kier molecular flexibility index (Phi) is 3.16. The molecule has 2 aliphatic rings. The van der Waals surface area contributed by atoms with E-state index in [1.54, 1.807) is 11.8 Å². The molecule has 2 rings (SSSR count). The zero-order valence-electron chi connectivity index (χ0n) is 8.81. The molecule has 0 saturated carbocycles. The van der Waals surface area contributed by atoms with Crippen LogP contribution in [0.1, 0.15) is 13.3 Å². The summed E-state index contributed by atoms with van der Waals surface area (Å²) in [6.45, 7) is 5.33. The van der Waals surface area contributed by atoms with E-state index in [0.717, 1.165) is 37.0 Å². The van der Waals surface area contributed by atoms with Gasteiger partial charge in [0.25, 0.3) is 5.70 Å². The summed E-state index contributed by atoms with van der Waals surface area (Å²) in [5.41, 5.74) is 0.386. The molecule has 0 amide bonds. The number of hydrogen-bond donors (Lipinski definition) is 0. The van der Waals surface area contributed by atoms with E-state index in [4.69, 9.17) is 0 Å². The average Bonchev–Trinajstić information content (AvgIpc) is 2.64. The van der Waals surface area contributed by atoms with Gasteiger partial charge in [0.1, 0.15) is 5.03 Å². The molecule has 5 nitrogen and oxygen atoms in total. The molecule has 2 heterocycles. The van der Waals surface area contributed by atoms with Gasteiger partial charge in [0, 0.05) is 18.8 Å². The maximum Gasteiger partial charge on any atom is 0.289 e. The molecule has 0 bridgehead atoms. The highest BCUT2D eigenvalue weighted by Crippen LogP contribution is 2.34. The Labute approximate surface area is 93.3 Å². The van der Waals surface area contributed by atoms with E-state index in [9.17, 15) is 10.1 Å². The number of rotatable bonds is 3. The van der Waals surface area contributed by atoms with Crippen molar-refractivity contribution in [2.45, 2.75) is 13.3 Å². The Morgan fingerprint density at radius 2 is 2.40 bits per heavy atom. The van der Waals surface area contributed by atoms with Crippen LogP contribution < -0.4 is 0 Å². The number of fused-ring (bicyclic) bond motifs is 1. The van der Waals surface area contributed by atoms with E-state index in [0.29, 0.717) is 12.2 Å². The van der Waals surface area contributed by atoms with Gasteiger partial charge < -0.3 is 4.90 Å². The van der Waals surface area contributed by atoms with Gasteiger partial charge >= 0.3 is 0 Å². The average molecular weight is 229 g/mol. The second kappa shape index (κ2) is 4.40. The van der Waals surface area contributed by atoms with Crippen molar-refractivity contribution in [1.82, 2.24) is 9.80 Å². The number of nitrogens with zero attached hydrogens (tertiary/aromatic N) is 3. The van der Waals surface area contributed by atoms with Crippen molar-refractivity contribution in [2.24, 2.45) is 0 Å². The zero-order chi connectivity index (χ0) is 10.8. The van der Waals surface area contributed by atoms with Gasteiger partial charge in [-0.3, -0.25) is 15.0 Å². The predicted octanol–water partition coefficient (Wildman–Crippen LogP) is 1.16. The molecule has 0 atom stereocenters. The van der Waals surface area contributed by atoms with E-state index < -0.39 is 0 Å². The number of hydrogen-bond acceptors (Lipinski definition) is 5. The molecular formula is C9H15N3O2S. The lowest BCUT2D eigenvalue weighted by Gasteiger charge is -2.32. The van der Waals surface area contributed by atoms with Crippen LogP contribution in [-0.2, 0) is 0 Å². The van der Waals surface area contributed by atoms with E-state index in [-0.39, 0.29) is 4.92 Å². The van der Waals surface area contributed by atoms with E-state index >= 15 is 0 Å². The minimum Gasteiger partial charge on any atom is -0.347 e. The lowest BCUT2D eigenvalue weighted by molar-refractivity contribution is -0.431. The summed E-state index contributed by atoms with van der Waals surface area (Å²) in [7, 11) is 0. The summed E-state index contributed by atoms with van der Waals surface area (Å²) in [6, 6.07) is 0. The lowest BCUT2D eigenvalue weighted by atomic mass is 10.3. The molecule has 84 valence electrons. The zero-order valence-corrected chi connectivity index (χ0v) is 9.63. The summed E-state index contributed by atoms with van der Waals surface area (Å²) >= 11 is 1.62. The van der Waals surface area contributed by atoms with E-state index in [1.165, 1.54) is 0 Å². The van der Waals surface area contributed by atoms with Gasteiger partial charge in [0.2, 0.25) is 0 Å². The lowest BCUT2D eigenvalue weighted by Crippen LogP contribution is -2.43. The summed E-state index contributed by atoms with van der Waals surface area (Å²) in [4.78, 5) is 15.0. The molecule has 0 radical (unpaired) electrons. The van der Waals surface area contributed by atoms with Crippen LogP contribution in [0.2, 0.25) is 0 Å². The fourth-order valence-electron chi connectivity index (χ4n) is 2.02. The third kappa shape index (κ3) is 2.10. The molecule has 0 N–H and O–H groups in total. The third-order valence-corrected chi connectivity index (χ3v) is 3.79. The SMILES string of the molecule is CCCN1CC([N+](=O)[O-])=C2SCCN2C1. The number of nitro groups is 1. The van der Waals surface area contributed by atoms with Crippen molar-refractivity contribution in [3.8, 4) is 0 Å². The largest absolute Gasteiger partial charge is 0.347 e. The number of thioether (sulfide) groups is 1. The van der Waals surface area contributed by atoms with E-state index in [1.807, 2.05) is 0 Å². The molecule has 0 aromatic heterocycles. The maximum atomic E-state index is 10.9. The molecule has 0 aliphatic carbocycles. The molecular weight excluding hydrogens is 214 g/mol. The van der Waals surface area contributed by atoms with Gasteiger partial charge in [-0.25, -0.2) is 0 Å². The third-order valence-electron chi connectivity index (χ3n) is 2.64. The van der Waals surface area contributed by atoms with Crippen LogP contribution >= 0.6 is 11.8 Å². The van der Waals surface area contributed by atoms with Crippen LogP contribution in [0.25, 0.3) is 0 Å². The van der Waals surface area contributed by atoms with Gasteiger partial charge in [-0.05, 0) is 6.42 Å². The molecule has 0 unspecified atom stereocenters. The highest BCUT2D eigenvalue weighted by atomic mass is 32.2. The fraction of sp³-hybridized carbons (Fsp3) is 0.778. The first-order valence-electron chi connectivity index (χ1n) is 5.20. The van der Waals surface area contributed by atoms with Crippen LogP contribution in [0.15, 0.2) is 10.7 Å². The minimum absolute atomic E-state index is 0.220. The van der Waals surface area contributed by atoms with Crippen molar-refractivity contribution in [3.63, 3.8) is 0 Å². The van der Waals surface area contributed by atoms with Gasteiger partial charge in [-0.2, -0.15) is 0 Å². The maximum absolute atomic E-state index is 10.9. The standard InChI is InChI=1S/C9H15N3O2S/c1-2-3-10-6-8(12(13)14)9-11(7-10)4-5-15-9/h2-7H2,1H3. The molecule has 1 fully saturated rings. The highest BCUT2D eigenvalue weighted by Gasteiger charge is 2.35. The van der Waals surface area contributed by atoms with Crippen molar-refractivity contribution in [3.05, 3.63) is 20.8 Å². The smallest absolute Gasteiger partial charge is 0.289 e. The van der Waals surface area contributed by atoms with Crippen molar-refractivity contribution < 1.29 is 4.92 Å². The normalized spacial score (nSPS) is 22.1. The molecule has 0 aromatic rings. The quantitative estimate of drug-likeness (QED) is 0.537. The summed E-state index contributed by atoms with van der Waals surface area (Å²) in [5, 5.41) is 11.8. The molecule has 6 heteroatoms. The Hall–Kier alpha value is -0.750. The molecule has 0 spiro atoms. The first kappa shape index (κ1) is 10.8. The van der Waals surface area contributed by atoms with Crippen molar-refractivity contribution in [1.29, 1.82) is 0 Å². The van der Waals surface area contributed by atoms with Crippen LogP contribution in [0.4, 0.5) is 0 Å². The van der Waals surface area contributed by atoms with Crippen LogP contribution in [0.3, 0.4) is 0 Å². The molecule has 1 saturated heterocycles. The Morgan fingerprint density at radius 3 is 3.07 bits per heavy atom. The van der Waals surface area contributed by atoms with Gasteiger partial charge in [-0.1, -0.05) is 6.92 Å². The second-order valence-corrected chi connectivity index (χ2v) is 4.90. The Bertz CT molecular complexity index is 306. The van der Waals surface area contributed by atoms with E-state index in [2.05, 4.69) is 16.7 Å². The first-order chi connectivity index (χ1) is 7.22.